The summed E-state index contributed by atoms with van der Waals surface area (Å²) in [6, 6.07) is 12.0. The highest BCUT2D eigenvalue weighted by atomic mass is 127. The van der Waals surface area contributed by atoms with Gasteiger partial charge < -0.3 is 5.32 Å². The number of likely N-dealkylation sites (tertiary alicyclic amines) is 1. The summed E-state index contributed by atoms with van der Waals surface area (Å²) < 4.78 is 0.661. The molecule has 1 aromatic carbocycles. The molecule has 0 amide bonds. The van der Waals surface area contributed by atoms with Crippen molar-refractivity contribution >= 4 is 22.6 Å². The summed E-state index contributed by atoms with van der Waals surface area (Å²) in [6.07, 6.45) is 3.87. The van der Waals surface area contributed by atoms with E-state index in [0.717, 1.165) is 12.6 Å². The first kappa shape index (κ1) is 20.1. The lowest BCUT2D eigenvalue weighted by molar-refractivity contribution is 0.196. The summed E-state index contributed by atoms with van der Waals surface area (Å²) in [5, 5.41) is 3.65. The van der Waals surface area contributed by atoms with Crippen LogP contribution in [0.3, 0.4) is 0 Å². The average molecular weight is 443 g/mol. The molecule has 1 heterocycles. The lowest BCUT2D eigenvalue weighted by Crippen LogP contribution is -2.39. The summed E-state index contributed by atoms with van der Waals surface area (Å²) in [6.45, 7) is 12.8. The molecule has 0 aliphatic carbocycles. The molecule has 3 unspecified atom stereocenters. The largest absolute Gasteiger partial charge is 0.310 e. The number of alkyl halides is 1. The summed E-state index contributed by atoms with van der Waals surface area (Å²) in [5.41, 5.74) is 1.37. The summed E-state index contributed by atoms with van der Waals surface area (Å²) >= 11 is 2.54. The summed E-state index contributed by atoms with van der Waals surface area (Å²) in [5.74, 6) is 0. The highest BCUT2D eigenvalue weighted by molar-refractivity contribution is 14.1. The van der Waals surface area contributed by atoms with Crippen molar-refractivity contribution in [3.05, 3.63) is 35.9 Å². The van der Waals surface area contributed by atoms with E-state index in [0.29, 0.717) is 10.1 Å². The van der Waals surface area contributed by atoms with Crippen LogP contribution in [0.4, 0.5) is 0 Å². The molecule has 0 radical (unpaired) electrons. The molecule has 24 heavy (non-hydrogen) atoms. The van der Waals surface area contributed by atoms with E-state index >= 15 is 0 Å². The fourth-order valence-corrected chi connectivity index (χ4v) is 4.08. The second-order valence-electron chi connectivity index (χ2n) is 7.05. The van der Waals surface area contributed by atoms with Crippen molar-refractivity contribution in [3.8, 4) is 0 Å². The van der Waals surface area contributed by atoms with Crippen molar-refractivity contribution < 1.29 is 0 Å². The predicted octanol–water partition coefficient (Wildman–Crippen LogP) is 4.12. The van der Waals surface area contributed by atoms with Crippen molar-refractivity contribution in [2.24, 2.45) is 0 Å². The minimum absolute atomic E-state index is 0.582. The SMILES string of the molecule is CCN(CCCC(C)NCc1ccccc1)C1CCN(C(C)I)C1. The molecule has 2 rings (SSSR count). The molecule has 0 spiro atoms. The third kappa shape index (κ3) is 6.62. The monoisotopic (exact) mass is 443 g/mol. The van der Waals surface area contributed by atoms with Gasteiger partial charge in [-0.1, -0.05) is 59.8 Å². The van der Waals surface area contributed by atoms with E-state index in [-0.39, 0.29) is 0 Å². The van der Waals surface area contributed by atoms with Gasteiger partial charge in [0.15, 0.2) is 0 Å². The average Bonchev–Trinajstić information content (AvgIpc) is 3.08. The number of hydrogen-bond donors (Lipinski definition) is 1. The molecule has 0 aromatic heterocycles. The van der Waals surface area contributed by atoms with Crippen LogP contribution in [0.15, 0.2) is 30.3 Å². The second kappa shape index (κ2) is 10.7. The van der Waals surface area contributed by atoms with Gasteiger partial charge in [0.05, 0.1) is 4.05 Å². The maximum Gasteiger partial charge on any atom is 0.0590 e. The van der Waals surface area contributed by atoms with Gasteiger partial charge >= 0.3 is 0 Å². The first-order valence-electron chi connectivity index (χ1n) is 9.49. The summed E-state index contributed by atoms with van der Waals surface area (Å²) in [7, 11) is 0. The second-order valence-corrected chi connectivity index (χ2v) is 8.85. The molecule has 136 valence electrons. The molecule has 1 aromatic rings. The number of halogens is 1. The van der Waals surface area contributed by atoms with Crippen molar-refractivity contribution in [3.63, 3.8) is 0 Å². The van der Waals surface area contributed by atoms with Crippen LogP contribution in [-0.4, -0.2) is 52.1 Å². The van der Waals surface area contributed by atoms with Crippen LogP contribution in [0.2, 0.25) is 0 Å². The third-order valence-electron chi connectivity index (χ3n) is 5.20. The zero-order valence-electron chi connectivity index (χ0n) is 15.5. The number of benzene rings is 1. The smallest absolute Gasteiger partial charge is 0.0590 e. The number of hydrogen-bond acceptors (Lipinski definition) is 3. The zero-order chi connectivity index (χ0) is 17.4. The van der Waals surface area contributed by atoms with Crippen LogP contribution in [0.1, 0.15) is 45.6 Å². The van der Waals surface area contributed by atoms with Crippen LogP contribution in [-0.2, 0) is 6.54 Å². The van der Waals surface area contributed by atoms with Gasteiger partial charge in [-0.15, -0.1) is 0 Å². The Morgan fingerprint density at radius 3 is 2.67 bits per heavy atom. The molecule has 1 fully saturated rings. The van der Waals surface area contributed by atoms with E-state index in [1.165, 1.54) is 51.0 Å². The van der Waals surface area contributed by atoms with Gasteiger partial charge in [0, 0.05) is 31.7 Å². The quantitative estimate of drug-likeness (QED) is 0.334. The van der Waals surface area contributed by atoms with Crippen molar-refractivity contribution in [1.29, 1.82) is 0 Å². The van der Waals surface area contributed by atoms with Crippen LogP contribution in [0.5, 0.6) is 0 Å². The third-order valence-corrected chi connectivity index (χ3v) is 5.99. The molecule has 4 heteroatoms. The first-order valence-corrected chi connectivity index (χ1v) is 10.7. The molecule has 1 aliphatic heterocycles. The normalized spacial score (nSPS) is 21.3. The molecular formula is C20H34IN3. The molecule has 3 atom stereocenters. The van der Waals surface area contributed by atoms with E-state index in [9.17, 15) is 0 Å². The van der Waals surface area contributed by atoms with Crippen molar-refractivity contribution in [2.45, 2.75) is 62.7 Å². The van der Waals surface area contributed by atoms with Gasteiger partial charge in [-0.05, 0) is 51.8 Å². The Balaban J connectivity index is 1.64. The fourth-order valence-electron chi connectivity index (χ4n) is 3.58. The predicted molar refractivity (Wildman–Crippen MR) is 113 cm³/mol. The van der Waals surface area contributed by atoms with E-state index in [1.54, 1.807) is 0 Å². The Morgan fingerprint density at radius 2 is 2.04 bits per heavy atom. The topological polar surface area (TPSA) is 18.5 Å². The molecular weight excluding hydrogens is 409 g/mol. The van der Waals surface area contributed by atoms with Crippen LogP contribution < -0.4 is 5.32 Å². The molecule has 3 nitrogen and oxygen atoms in total. The van der Waals surface area contributed by atoms with Gasteiger partial charge in [-0.25, -0.2) is 0 Å². The Morgan fingerprint density at radius 1 is 1.29 bits per heavy atom. The number of nitrogens with zero attached hydrogens (tertiary/aromatic N) is 2. The van der Waals surface area contributed by atoms with Crippen molar-refractivity contribution in [1.82, 2.24) is 15.1 Å². The van der Waals surface area contributed by atoms with E-state index in [4.69, 9.17) is 0 Å². The molecule has 0 bridgehead atoms. The Hall–Kier alpha value is -0.170. The van der Waals surface area contributed by atoms with Gasteiger partial charge in [0.25, 0.3) is 0 Å². The van der Waals surface area contributed by atoms with Crippen molar-refractivity contribution in [2.75, 3.05) is 26.2 Å². The number of likely N-dealkylation sites (N-methyl/N-ethyl adjacent to an activating group) is 1. The zero-order valence-corrected chi connectivity index (χ0v) is 17.7. The van der Waals surface area contributed by atoms with Crippen LogP contribution in [0, 0.1) is 0 Å². The van der Waals surface area contributed by atoms with Gasteiger partial charge in [0.1, 0.15) is 0 Å². The summed E-state index contributed by atoms with van der Waals surface area (Å²) in [4.78, 5) is 5.31. The molecule has 0 saturated carbocycles. The van der Waals surface area contributed by atoms with Crippen LogP contribution in [0.25, 0.3) is 0 Å². The van der Waals surface area contributed by atoms with E-state index in [1.807, 2.05) is 0 Å². The highest BCUT2D eigenvalue weighted by Gasteiger charge is 2.28. The first-order chi connectivity index (χ1) is 11.6. The number of rotatable bonds is 10. The Labute approximate surface area is 162 Å². The van der Waals surface area contributed by atoms with Gasteiger partial charge in [-0.3, -0.25) is 9.80 Å². The Bertz CT molecular complexity index is 451. The molecule has 1 aliphatic rings. The number of nitrogens with one attached hydrogen (secondary N) is 1. The Kier molecular flexibility index (Phi) is 9.01. The fraction of sp³-hybridized carbons (Fsp3) is 0.700. The standard InChI is InChI=1S/C20H34IN3/c1-4-23(20-12-14-24(16-20)18(3)21)13-8-9-17(2)22-15-19-10-6-5-7-11-19/h5-7,10-11,17-18,20,22H,4,8-9,12-16H2,1-3H3. The minimum atomic E-state index is 0.582. The van der Waals surface area contributed by atoms with Gasteiger partial charge in [0.2, 0.25) is 0 Å². The maximum absolute atomic E-state index is 3.65. The molecule has 1 saturated heterocycles. The van der Waals surface area contributed by atoms with E-state index < -0.39 is 0 Å². The minimum Gasteiger partial charge on any atom is -0.310 e. The lowest BCUT2D eigenvalue weighted by Gasteiger charge is -2.29. The molecule has 1 N–H and O–H groups in total. The lowest BCUT2D eigenvalue weighted by atomic mass is 10.1. The van der Waals surface area contributed by atoms with Gasteiger partial charge in [-0.2, -0.15) is 0 Å². The maximum atomic E-state index is 3.65. The highest BCUT2D eigenvalue weighted by Crippen LogP contribution is 2.20. The van der Waals surface area contributed by atoms with Crippen LogP contribution >= 0.6 is 22.6 Å². The van der Waals surface area contributed by atoms with E-state index in [2.05, 4.69) is 88.8 Å².